The summed E-state index contributed by atoms with van der Waals surface area (Å²) in [4.78, 5) is 29.9. The van der Waals surface area contributed by atoms with Gasteiger partial charge in [0.05, 0.1) is 7.11 Å². The van der Waals surface area contributed by atoms with Crippen molar-refractivity contribution in [3.63, 3.8) is 0 Å². The number of ether oxygens (including phenoxy) is 3. The average Bonchev–Trinajstić information content (AvgIpc) is 2.96. The lowest BCUT2D eigenvalue weighted by Crippen LogP contribution is -2.47. The fourth-order valence-electron chi connectivity index (χ4n) is 5.14. The molecule has 0 spiro atoms. The summed E-state index contributed by atoms with van der Waals surface area (Å²) in [5, 5.41) is 3.26. The number of methoxy groups -OCH3 is 1. The van der Waals surface area contributed by atoms with Crippen LogP contribution in [0.15, 0.2) is 66.7 Å². The lowest BCUT2D eigenvalue weighted by Gasteiger charge is -2.34. The molecule has 1 atom stereocenters. The normalized spacial score (nSPS) is 15.8. The van der Waals surface area contributed by atoms with Crippen LogP contribution in [0.3, 0.4) is 0 Å². The largest absolute Gasteiger partial charge is 0.497 e. The van der Waals surface area contributed by atoms with E-state index >= 15 is 0 Å². The summed E-state index contributed by atoms with van der Waals surface area (Å²) in [6.45, 7) is 2.88. The minimum Gasteiger partial charge on any atom is -0.497 e. The van der Waals surface area contributed by atoms with Crippen molar-refractivity contribution in [1.29, 1.82) is 0 Å². The molecular weight excluding hydrogens is 480 g/mol. The van der Waals surface area contributed by atoms with E-state index in [1.165, 1.54) is 6.42 Å². The number of carbonyl (C=O) groups is 2. The highest BCUT2D eigenvalue weighted by molar-refractivity contribution is 6.10. The molecule has 7 nitrogen and oxygen atoms in total. The van der Waals surface area contributed by atoms with E-state index in [4.69, 9.17) is 14.2 Å². The first-order valence-electron chi connectivity index (χ1n) is 13.3. The zero-order valence-electron chi connectivity index (χ0n) is 21.9. The minimum absolute atomic E-state index is 0.0984. The molecule has 0 unspecified atom stereocenters. The predicted octanol–water partition coefficient (Wildman–Crippen LogP) is 5.61. The summed E-state index contributed by atoms with van der Waals surface area (Å²) in [6, 6.07) is 19.4. The second-order valence-electron chi connectivity index (χ2n) is 9.89. The van der Waals surface area contributed by atoms with E-state index in [9.17, 15) is 9.59 Å². The molecule has 1 aliphatic heterocycles. The molecule has 0 aromatic heterocycles. The Morgan fingerprint density at radius 1 is 0.895 bits per heavy atom. The van der Waals surface area contributed by atoms with Gasteiger partial charge in [0, 0.05) is 17.3 Å². The molecule has 3 aromatic rings. The maximum Gasteiger partial charge on any atom is 0.259 e. The number of aryl methyl sites for hydroxylation is 1. The number of fused-ring (bicyclic) bond motifs is 1. The molecule has 1 heterocycles. The molecule has 3 aromatic carbocycles. The Bertz CT molecular complexity index is 1270. The third-order valence-electron chi connectivity index (χ3n) is 7.21. The Kier molecular flexibility index (Phi) is 7.82. The number of carbonyl (C=O) groups excluding carboxylic acids is 2. The third kappa shape index (κ3) is 5.62. The van der Waals surface area contributed by atoms with Gasteiger partial charge in [-0.1, -0.05) is 49.1 Å². The quantitative estimate of drug-likeness (QED) is 0.443. The number of anilines is 1. The molecule has 1 saturated carbocycles. The highest BCUT2D eigenvalue weighted by atomic mass is 16.6. The Balaban J connectivity index is 1.58. The van der Waals surface area contributed by atoms with Crippen molar-refractivity contribution >= 4 is 17.5 Å². The molecular formula is C31H34N2O5. The molecule has 198 valence electrons. The van der Waals surface area contributed by atoms with Crippen molar-refractivity contribution in [3.05, 3.63) is 83.4 Å². The van der Waals surface area contributed by atoms with Gasteiger partial charge in [0.15, 0.2) is 11.5 Å². The number of nitrogens with zero attached hydrogens (tertiary/aromatic N) is 1. The molecule has 0 bridgehead atoms. The van der Waals surface area contributed by atoms with Crippen molar-refractivity contribution < 1.29 is 23.8 Å². The second-order valence-corrected chi connectivity index (χ2v) is 9.89. The van der Waals surface area contributed by atoms with Crippen LogP contribution >= 0.6 is 0 Å². The van der Waals surface area contributed by atoms with Crippen LogP contribution in [0.4, 0.5) is 5.69 Å². The standard InChI is InChI=1S/C31H34N2O5/c1-21-8-13-25(14-9-21)33(31(35)23-12-17-27-28(20-23)38-19-18-37-27)29(22-10-15-26(36-2)16-11-22)30(34)32-24-6-4-3-5-7-24/h8-17,20,24,29H,3-7,18-19H2,1-2H3,(H,32,34)/t29-/m1/s1. The van der Waals surface area contributed by atoms with Gasteiger partial charge in [0.1, 0.15) is 25.0 Å². The van der Waals surface area contributed by atoms with Gasteiger partial charge in [-0.05, 0) is 67.8 Å². The summed E-state index contributed by atoms with van der Waals surface area (Å²) in [7, 11) is 1.60. The minimum atomic E-state index is -0.883. The number of hydrogen-bond donors (Lipinski definition) is 1. The summed E-state index contributed by atoms with van der Waals surface area (Å²) in [5.74, 6) is 1.31. The zero-order chi connectivity index (χ0) is 26.5. The summed E-state index contributed by atoms with van der Waals surface area (Å²) >= 11 is 0. The Hall–Kier alpha value is -4.00. The Morgan fingerprint density at radius 3 is 2.26 bits per heavy atom. The first kappa shape index (κ1) is 25.6. The average molecular weight is 515 g/mol. The van der Waals surface area contributed by atoms with Crippen molar-refractivity contribution in [2.24, 2.45) is 0 Å². The maximum absolute atomic E-state index is 14.3. The van der Waals surface area contributed by atoms with E-state index in [0.717, 1.165) is 31.2 Å². The van der Waals surface area contributed by atoms with Crippen molar-refractivity contribution in [1.82, 2.24) is 5.32 Å². The van der Waals surface area contributed by atoms with Crippen LogP contribution in [-0.2, 0) is 4.79 Å². The van der Waals surface area contributed by atoms with E-state index in [1.807, 2.05) is 55.5 Å². The lowest BCUT2D eigenvalue weighted by atomic mass is 9.94. The Morgan fingerprint density at radius 2 is 1.58 bits per heavy atom. The van der Waals surface area contributed by atoms with Crippen LogP contribution < -0.4 is 24.4 Å². The zero-order valence-corrected chi connectivity index (χ0v) is 21.9. The first-order valence-corrected chi connectivity index (χ1v) is 13.3. The number of benzene rings is 3. The fourth-order valence-corrected chi connectivity index (χ4v) is 5.14. The van der Waals surface area contributed by atoms with Gasteiger partial charge >= 0.3 is 0 Å². The topological polar surface area (TPSA) is 77.1 Å². The van der Waals surface area contributed by atoms with Gasteiger partial charge in [0.2, 0.25) is 5.91 Å². The molecule has 2 amide bonds. The monoisotopic (exact) mass is 514 g/mol. The van der Waals surface area contributed by atoms with Crippen LogP contribution in [-0.4, -0.2) is 38.2 Å². The number of nitrogens with one attached hydrogen (secondary N) is 1. The van der Waals surface area contributed by atoms with Gasteiger partial charge in [-0.2, -0.15) is 0 Å². The van der Waals surface area contributed by atoms with Crippen molar-refractivity contribution in [3.8, 4) is 17.2 Å². The molecule has 1 fully saturated rings. The predicted molar refractivity (Wildman–Crippen MR) is 146 cm³/mol. The van der Waals surface area contributed by atoms with Gasteiger partial charge in [-0.15, -0.1) is 0 Å². The molecule has 0 radical (unpaired) electrons. The van der Waals surface area contributed by atoms with E-state index < -0.39 is 6.04 Å². The maximum atomic E-state index is 14.3. The van der Waals surface area contributed by atoms with Gasteiger partial charge in [0.25, 0.3) is 5.91 Å². The fraction of sp³-hybridized carbons (Fsp3) is 0.355. The molecule has 38 heavy (non-hydrogen) atoms. The van der Waals surface area contributed by atoms with Crippen molar-refractivity contribution in [2.75, 3.05) is 25.2 Å². The van der Waals surface area contributed by atoms with Crippen LogP contribution in [0.2, 0.25) is 0 Å². The molecule has 0 saturated heterocycles. The third-order valence-corrected chi connectivity index (χ3v) is 7.21. The summed E-state index contributed by atoms with van der Waals surface area (Å²) < 4.78 is 16.7. The number of rotatable bonds is 7. The van der Waals surface area contributed by atoms with Crippen LogP contribution in [0, 0.1) is 6.92 Å². The SMILES string of the molecule is COc1ccc([C@H](C(=O)NC2CCCCC2)N(C(=O)c2ccc3c(c2)OCCO3)c2ccc(C)cc2)cc1. The molecule has 1 aliphatic carbocycles. The summed E-state index contributed by atoms with van der Waals surface area (Å²) in [5.41, 5.74) is 2.81. The van der Waals surface area contributed by atoms with E-state index in [1.54, 1.807) is 30.2 Å². The number of amides is 2. The van der Waals surface area contributed by atoms with E-state index in [2.05, 4.69) is 5.32 Å². The summed E-state index contributed by atoms with van der Waals surface area (Å²) in [6.07, 6.45) is 5.27. The molecule has 1 N–H and O–H groups in total. The van der Waals surface area contributed by atoms with Crippen LogP contribution in [0.5, 0.6) is 17.2 Å². The van der Waals surface area contributed by atoms with Gasteiger partial charge < -0.3 is 19.5 Å². The van der Waals surface area contributed by atoms with Gasteiger partial charge in [-0.25, -0.2) is 0 Å². The van der Waals surface area contributed by atoms with Crippen LogP contribution in [0.25, 0.3) is 0 Å². The van der Waals surface area contributed by atoms with E-state index in [-0.39, 0.29) is 17.9 Å². The Labute approximate surface area is 223 Å². The first-order chi connectivity index (χ1) is 18.5. The molecule has 7 heteroatoms. The smallest absolute Gasteiger partial charge is 0.259 e. The second kappa shape index (κ2) is 11.6. The van der Waals surface area contributed by atoms with E-state index in [0.29, 0.717) is 47.3 Å². The highest BCUT2D eigenvalue weighted by Crippen LogP contribution is 2.35. The molecule has 2 aliphatic rings. The number of hydrogen-bond acceptors (Lipinski definition) is 5. The van der Waals surface area contributed by atoms with Crippen molar-refractivity contribution in [2.45, 2.75) is 51.1 Å². The highest BCUT2D eigenvalue weighted by Gasteiger charge is 2.35. The lowest BCUT2D eigenvalue weighted by molar-refractivity contribution is -0.123. The van der Waals surface area contributed by atoms with Crippen LogP contribution in [0.1, 0.15) is 59.6 Å². The molecule has 5 rings (SSSR count). The van der Waals surface area contributed by atoms with Gasteiger partial charge in [-0.3, -0.25) is 14.5 Å².